The highest BCUT2D eigenvalue weighted by Crippen LogP contribution is 2.23. The summed E-state index contributed by atoms with van der Waals surface area (Å²) in [6.07, 6.45) is 0. The molecule has 7 heteroatoms. The first-order chi connectivity index (χ1) is 12.0. The molecule has 0 unspecified atom stereocenters. The lowest BCUT2D eigenvalue weighted by Crippen LogP contribution is -2.39. The second-order valence-corrected chi connectivity index (χ2v) is 6.13. The Bertz CT molecular complexity index is 740. The van der Waals surface area contributed by atoms with Crippen LogP contribution in [0.25, 0.3) is 0 Å². The molecule has 0 aliphatic heterocycles. The van der Waals surface area contributed by atoms with Gasteiger partial charge in [0.05, 0.1) is 29.4 Å². The molecule has 0 radical (unpaired) electrons. The van der Waals surface area contributed by atoms with E-state index in [9.17, 15) is 4.79 Å². The average molecular weight is 379 g/mol. The molecule has 0 saturated heterocycles. The van der Waals surface area contributed by atoms with Gasteiger partial charge in [-0.2, -0.15) is 0 Å². The number of hydrogen-bond acceptors (Lipinski definition) is 4. The van der Waals surface area contributed by atoms with Crippen LogP contribution in [0, 0.1) is 0 Å². The number of ether oxygens (including phenoxy) is 2. The van der Waals surface area contributed by atoms with Gasteiger partial charge >= 0.3 is 5.97 Å². The molecule has 2 aromatic rings. The van der Waals surface area contributed by atoms with Crippen LogP contribution in [0.5, 0.6) is 5.75 Å². The average Bonchev–Trinajstić information content (AvgIpc) is 2.62. The first-order valence-corrected chi connectivity index (χ1v) is 8.41. The van der Waals surface area contributed by atoms with Gasteiger partial charge in [0, 0.05) is 0 Å². The highest BCUT2D eigenvalue weighted by atomic mass is 35.5. The van der Waals surface area contributed by atoms with Gasteiger partial charge in [0.1, 0.15) is 12.4 Å². The molecule has 0 spiro atoms. The fourth-order valence-corrected chi connectivity index (χ4v) is 2.50. The van der Waals surface area contributed by atoms with Gasteiger partial charge in [-0.3, -0.25) is 0 Å². The van der Waals surface area contributed by atoms with E-state index in [1.54, 1.807) is 18.2 Å². The van der Waals surface area contributed by atoms with Crippen molar-refractivity contribution in [2.75, 3.05) is 19.0 Å². The van der Waals surface area contributed by atoms with E-state index < -0.39 is 5.97 Å². The first-order valence-electron chi connectivity index (χ1n) is 7.63. The molecule has 0 aliphatic rings. The number of methoxy groups -OCH3 is 1. The fraction of sp³-hybridized carbons (Fsp3) is 0.222. The molecule has 0 heterocycles. The molecule has 0 bridgehead atoms. The minimum Gasteiger partial charge on any atom is -0.491 e. The summed E-state index contributed by atoms with van der Waals surface area (Å²) in [5.41, 5.74) is 0.913. The smallest absolute Gasteiger partial charge is 0.337 e. The van der Waals surface area contributed by atoms with Crippen molar-refractivity contribution in [1.82, 2.24) is 5.32 Å². The second-order valence-electron chi connectivity index (χ2n) is 5.31. The maximum atomic E-state index is 11.6. The summed E-state index contributed by atoms with van der Waals surface area (Å²) in [5.74, 6) is 0.354. The number of halogens is 1. The third-order valence-electron chi connectivity index (χ3n) is 3.26. The van der Waals surface area contributed by atoms with E-state index in [0.29, 0.717) is 28.0 Å². The predicted molar refractivity (Wildman–Crippen MR) is 104 cm³/mol. The summed E-state index contributed by atoms with van der Waals surface area (Å²) < 4.78 is 10.4. The molecule has 0 saturated carbocycles. The van der Waals surface area contributed by atoms with E-state index in [2.05, 4.69) is 10.6 Å². The van der Waals surface area contributed by atoms with E-state index in [4.69, 9.17) is 33.3 Å². The van der Waals surface area contributed by atoms with Crippen molar-refractivity contribution in [3.8, 4) is 5.75 Å². The van der Waals surface area contributed by atoms with Crippen molar-refractivity contribution in [2.24, 2.45) is 0 Å². The number of thiocarbonyl (C=S) groups is 1. The molecule has 5 nitrogen and oxygen atoms in total. The van der Waals surface area contributed by atoms with Crippen LogP contribution in [0.4, 0.5) is 5.69 Å². The molecular weight excluding hydrogens is 360 g/mol. The third kappa shape index (κ3) is 5.92. The Morgan fingerprint density at radius 3 is 2.64 bits per heavy atom. The van der Waals surface area contributed by atoms with Crippen molar-refractivity contribution in [2.45, 2.75) is 13.0 Å². The minimum atomic E-state index is -0.441. The predicted octanol–water partition coefficient (Wildman–Crippen LogP) is 3.88. The van der Waals surface area contributed by atoms with Gasteiger partial charge in [0.25, 0.3) is 0 Å². The lowest BCUT2D eigenvalue weighted by molar-refractivity contribution is 0.0601. The van der Waals surface area contributed by atoms with Crippen LogP contribution in [-0.4, -0.2) is 30.8 Å². The van der Waals surface area contributed by atoms with E-state index in [-0.39, 0.29) is 6.04 Å². The Kier molecular flexibility index (Phi) is 7.03. The molecule has 0 aromatic heterocycles. The Hall–Kier alpha value is -2.31. The highest BCUT2D eigenvalue weighted by Gasteiger charge is 2.11. The molecule has 0 fully saturated rings. The van der Waals surface area contributed by atoms with Crippen LogP contribution in [-0.2, 0) is 4.74 Å². The second kappa shape index (κ2) is 9.25. The molecule has 25 heavy (non-hydrogen) atoms. The Morgan fingerprint density at radius 1 is 1.24 bits per heavy atom. The van der Waals surface area contributed by atoms with Crippen LogP contribution in [0.15, 0.2) is 48.5 Å². The lowest BCUT2D eigenvalue weighted by atomic mass is 10.2. The summed E-state index contributed by atoms with van der Waals surface area (Å²) in [5, 5.41) is 6.92. The van der Waals surface area contributed by atoms with Gasteiger partial charge in [-0.15, -0.1) is 0 Å². The normalized spacial score (nSPS) is 11.3. The van der Waals surface area contributed by atoms with Crippen molar-refractivity contribution < 1.29 is 14.3 Å². The van der Waals surface area contributed by atoms with Crippen LogP contribution in [0.1, 0.15) is 17.3 Å². The molecule has 0 aliphatic carbocycles. The molecule has 2 rings (SSSR count). The van der Waals surface area contributed by atoms with Crippen LogP contribution in [0.2, 0.25) is 5.02 Å². The largest absolute Gasteiger partial charge is 0.491 e. The number of nitrogens with one attached hydrogen (secondary N) is 2. The van der Waals surface area contributed by atoms with E-state index >= 15 is 0 Å². The SMILES string of the molecule is COC(=O)c1ccc(Cl)c(NC(=S)N[C@H](C)COc2ccccc2)c1. The number of carbonyl (C=O) groups excluding carboxylic acids is 1. The molecule has 0 amide bonds. The van der Waals surface area contributed by atoms with Crippen molar-refractivity contribution in [1.29, 1.82) is 0 Å². The highest BCUT2D eigenvalue weighted by molar-refractivity contribution is 7.80. The van der Waals surface area contributed by atoms with Crippen molar-refractivity contribution in [3.05, 3.63) is 59.1 Å². The maximum Gasteiger partial charge on any atom is 0.337 e. The number of hydrogen-bond donors (Lipinski definition) is 2. The summed E-state index contributed by atoms with van der Waals surface area (Å²) in [4.78, 5) is 11.6. The number of carbonyl (C=O) groups is 1. The maximum absolute atomic E-state index is 11.6. The van der Waals surface area contributed by atoms with Crippen molar-refractivity contribution >= 4 is 40.6 Å². The quantitative estimate of drug-likeness (QED) is 0.587. The zero-order valence-electron chi connectivity index (χ0n) is 13.9. The number of esters is 1. The van der Waals surface area contributed by atoms with Gasteiger partial charge in [-0.05, 0) is 49.5 Å². The topological polar surface area (TPSA) is 59.6 Å². The standard InChI is InChI=1S/C18H19ClN2O3S/c1-12(11-24-14-6-4-3-5-7-14)20-18(25)21-16-10-13(17(22)23-2)8-9-15(16)19/h3-10,12H,11H2,1-2H3,(H2,20,21,25)/t12-/m1/s1. The zero-order valence-corrected chi connectivity index (χ0v) is 15.5. The third-order valence-corrected chi connectivity index (χ3v) is 3.81. The zero-order chi connectivity index (χ0) is 18.2. The van der Waals surface area contributed by atoms with Gasteiger partial charge < -0.3 is 20.1 Å². The molecule has 2 N–H and O–H groups in total. The molecule has 1 atom stereocenters. The Labute approximate surface area is 157 Å². The monoisotopic (exact) mass is 378 g/mol. The van der Waals surface area contributed by atoms with Crippen LogP contribution >= 0.6 is 23.8 Å². The number of rotatable bonds is 6. The lowest BCUT2D eigenvalue weighted by Gasteiger charge is -2.18. The summed E-state index contributed by atoms with van der Waals surface area (Å²) in [6.45, 7) is 2.39. The number of para-hydroxylation sites is 1. The molecule has 2 aromatic carbocycles. The minimum absolute atomic E-state index is 0.0252. The number of anilines is 1. The molecule has 132 valence electrons. The van der Waals surface area contributed by atoms with Gasteiger partial charge in [0.2, 0.25) is 0 Å². The summed E-state index contributed by atoms with van der Waals surface area (Å²) >= 11 is 11.4. The van der Waals surface area contributed by atoms with Crippen molar-refractivity contribution in [3.63, 3.8) is 0 Å². The number of benzene rings is 2. The van der Waals surface area contributed by atoms with Crippen LogP contribution < -0.4 is 15.4 Å². The van der Waals surface area contributed by atoms with E-state index in [1.807, 2.05) is 37.3 Å². The van der Waals surface area contributed by atoms with Gasteiger partial charge in [-0.25, -0.2) is 4.79 Å². The van der Waals surface area contributed by atoms with Gasteiger partial charge in [0.15, 0.2) is 5.11 Å². The summed E-state index contributed by atoms with van der Waals surface area (Å²) in [6, 6.07) is 14.3. The Balaban J connectivity index is 1.90. The summed E-state index contributed by atoms with van der Waals surface area (Å²) in [7, 11) is 1.32. The Morgan fingerprint density at radius 2 is 1.96 bits per heavy atom. The van der Waals surface area contributed by atoms with E-state index in [0.717, 1.165) is 5.75 Å². The fourth-order valence-electron chi connectivity index (χ4n) is 2.03. The van der Waals surface area contributed by atoms with E-state index in [1.165, 1.54) is 7.11 Å². The first kappa shape index (κ1) is 19.0. The molecular formula is C18H19ClN2O3S. The van der Waals surface area contributed by atoms with Crippen LogP contribution in [0.3, 0.4) is 0 Å². The van der Waals surface area contributed by atoms with Gasteiger partial charge in [-0.1, -0.05) is 29.8 Å².